The number of anilines is 5. The standard InChI is InChI=1S/C53H70N12O8S2/c1-34-28-56-51(61-48(34)58-39-10-9-11-42(26-39)75(71,72)62-53(6,7)8)59-38-16-18-40(19-17-38)64-23-21-63(22-24-64)31-44(67)54-20-25-73-32-45(68)60-47(52(3,4)5)50(70)65-30-41(66)27-43(65)49(69)55-29-36-12-14-37(15-13-36)46-35(2)57-33-74-46/h9-19,26,28,33,41,43,47,62,66H,20-25,27,29-32H2,1-8H3,(H,54,67)(H,55,69)(H,60,68)(H2,56,58,59,61)/t41-,43+,47-/m1/s1. The van der Waals surface area contributed by atoms with Crippen molar-refractivity contribution in [2.24, 2.45) is 5.41 Å². The smallest absolute Gasteiger partial charge is 0.246 e. The van der Waals surface area contributed by atoms with Crippen LogP contribution in [0.25, 0.3) is 10.4 Å². The largest absolute Gasteiger partial charge is 0.391 e. The first-order valence-electron chi connectivity index (χ1n) is 25.0. The molecule has 7 rings (SSSR count). The fraction of sp³-hybridized carbons (Fsp3) is 0.453. The highest BCUT2D eigenvalue weighted by Crippen LogP contribution is 2.30. The van der Waals surface area contributed by atoms with Crippen LogP contribution in [0.1, 0.15) is 64.8 Å². The lowest BCUT2D eigenvalue weighted by Crippen LogP contribution is -2.58. The number of thiazole rings is 1. The van der Waals surface area contributed by atoms with Gasteiger partial charge < -0.3 is 46.2 Å². The van der Waals surface area contributed by atoms with Gasteiger partial charge in [0.15, 0.2) is 0 Å². The summed E-state index contributed by atoms with van der Waals surface area (Å²) in [6.45, 7) is 17.8. The number of aryl methyl sites for hydroxylation is 2. The number of aliphatic hydroxyl groups is 1. The van der Waals surface area contributed by atoms with Crippen LogP contribution in [0.5, 0.6) is 0 Å². The Morgan fingerprint density at radius 1 is 0.867 bits per heavy atom. The van der Waals surface area contributed by atoms with Crippen molar-refractivity contribution in [1.29, 1.82) is 0 Å². The maximum atomic E-state index is 14.0. The summed E-state index contributed by atoms with van der Waals surface area (Å²) >= 11 is 1.56. The summed E-state index contributed by atoms with van der Waals surface area (Å²) in [5, 5.41) is 25.6. The van der Waals surface area contributed by atoms with Gasteiger partial charge in [0.05, 0.1) is 40.2 Å². The number of rotatable bonds is 20. The van der Waals surface area contributed by atoms with Crippen molar-refractivity contribution in [1.82, 2.24) is 45.4 Å². The number of carbonyl (C=O) groups excluding carboxylic acids is 4. The predicted molar refractivity (Wildman–Crippen MR) is 290 cm³/mol. The number of ether oxygens (including phenoxy) is 1. The first kappa shape index (κ1) is 56.2. The van der Waals surface area contributed by atoms with Crippen LogP contribution < -0.4 is 36.2 Å². The van der Waals surface area contributed by atoms with Gasteiger partial charge in [-0.15, -0.1) is 11.3 Å². The van der Waals surface area contributed by atoms with Gasteiger partial charge in [-0.1, -0.05) is 51.1 Å². The molecular formula is C53H70N12O8S2. The van der Waals surface area contributed by atoms with Crippen LogP contribution in [0.15, 0.2) is 89.4 Å². The van der Waals surface area contributed by atoms with Gasteiger partial charge in [-0.2, -0.15) is 4.98 Å². The fourth-order valence-corrected chi connectivity index (χ4v) is 11.0. The van der Waals surface area contributed by atoms with Gasteiger partial charge in [-0.3, -0.25) is 24.1 Å². The second kappa shape index (κ2) is 24.4. The van der Waals surface area contributed by atoms with E-state index >= 15 is 0 Å². The van der Waals surface area contributed by atoms with E-state index in [1.807, 2.05) is 83.1 Å². The number of β-amino-alcohol motifs (C(OH)–C–C–N with tert-alkyl or cyclic N) is 1. The molecule has 0 saturated carbocycles. The molecule has 3 aromatic carbocycles. The van der Waals surface area contributed by atoms with E-state index < -0.39 is 51.0 Å². The molecule has 3 atom stereocenters. The van der Waals surface area contributed by atoms with Crippen molar-refractivity contribution in [3.05, 3.63) is 101 Å². The minimum Gasteiger partial charge on any atom is -0.391 e. The highest BCUT2D eigenvalue weighted by atomic mass is 32.2. The molecule has 2 aliphatic rings. The van der Waals surface area contributed by atoms with Crippen LogP contribution in [0.2, 0.25) is 0 Å². The molecule has 2 fully saturated rings. The van der Waals surface area contributed by atoms with E-state index in [9.17, 15) is 32.7 Å². The maximum Gasteiger partial charge on any atom is 0.246 e. The van der Waals surface area contributed by atoms with Gasteiger partial charge in [0.25, 0.3) is 0 Å². The van der Waals surface area contributed by atoms with Crippen molar-refractivity contribution >= 4 is 73.8 Å². The normalized spacial score (nSPS) is 16.8. The SMILES string of the molecule is Cc1cnc(Nc2ccc(N3CCN(CC(=O)NCCOCC(=O)N[C@H](C(=O)N4C[C@H](O)C[C@H]4C(=O)NCc4ccc(-c5scnc5C)cc4)C(C)(C)C)CC3)cc2)nc1Nc1cccc(S(=O)(=O)NC(C)(C)C)c1. The molecule has 0 aliphatic carbocycles. The Bertz CT molecular complexity index is 2900. The number of hydrogen-bond donors (Lipinski definition) is 7. The zero-order valence-corrected chi connectivity index (χ0v) is 45.5. The summed E-state index contributed by atoms with van der Waals surface area (Å²) in [7, 11) is -3.73. The molecule has 4 heterocycles. The van der Waals surface area contributed by atoms with Crippen molar-refractivity contribution in [2.45, 2.75) is 97.0 Å². The molecule has 4 amide bonds. The van der Waals surface area contributed by atoms with E-state index in [4.69, 9.17) is 4.74 Å². The summed E-state index contributed by atoms with van der Waals surface area (Å²) in [6.07, 6.45) is 0.873. The number of carbonyl (C=O) groups is 4. The number of nitrogens with zero attached hydrogens (tertiary/aromatic N) is 6. The topological polar surface area (TPSA) is 252 Å². The van der Waals surface area contributed by atoms with E-state index in [1.165, 1.54) is 4.90 Å². The van der Waals surface area contributed by atoms with Gasteiger partial charge >= 0.3 is 0 Å². The molecule has 20 nitrogen and oxygen atoms in total. The quantitative estimate of drug-likeness (QED) is 0.0515. The third-order valence-corrected chi connectivity index (χ3v) is 15.3. The van der Waals surface area contributed by atoms with E-state index in [1.54, 1.807) is 68.1 Å². The van der Waals surface area contributed by atoms with Crippen molar-refractivity contribution in [2.75, 3.05) is 74.6 Å². The zero-order valence-electron chi connectivity index (χ0n) is 43.9. The summed E-state index contributed by atoms with van der Waals surface area (Å²) in [5.41, 5.74) is 6.48. The predicted octanol–water partition coefficient (Wildman–Crippen LogP) is 4.84. The molecule has 2 saturated heterocycles. The zero-order chi connectivity index (χ0) is 54.1. The number of likely N-dealkylation sites (tertiary alicyclic amines) is 1. The number of piperazine rings is 1. The Kier molecular flexibility index (Phi) is 18.3. The number of aliphatic hydroxyl groups excluding tert-OH is 1. The molecule has 7 N–H and O–H groups in total. The van der Waals surface area contributed by atoms with Crippen LogP contribution >= 0.6 is 11.3 Å². The first-order chi connectivity index (χ1) is 35.5. The molecule has 2 aromatic heterocycles. The molecule has 0 radical (unpaired) electrons. The summed E-state index contributed by atoms with van der Waals surface area (Å²) in [6, 6.07) is 20.4. The number of sulfonamides is 1. The second-order valence-corrected chi connectivity index (χ2v) is 23.6. The van der Waals surface area contributed by atoms with Crippen LogP contribution in [0.3, 0.4) is 0 Å². The molecule has 2 aliphatic heterocycles. The van der Waals surface area contributed by atoms with Crippen molar-refractivity contribution in [3.8, 4) is 10.4 Å². The molecule has 5 aromatic rings. The summed E-state index contributed by atoms with van der Waals surface area (Å²) < 4.78 is 34.1. The fourth-order valence-electron chi connectivity index (χ4n) is 8.69. The minimum atomic E-state index is -3.73. The highest BCUT2D eigenvalue weighted by Gasteiger charge is 2.44. The van der Waals surface area contributed by atoms with Crippen molar-refractivity contribution < 1.29 is 37.4 Å². The summed E-state index contributed by atoms with van der Waals surface area (Å²) in [4.78, 5) is 73.8. The Hall–Kier alpha value is -6.56. The van der Waals surface area contributed by atoms with Crippen LogP contribution in [0.4, 0.5) is 28.8 Å². The van der Waals surface area contributed by atoms with E-state index in [0.717, 1.165) is 51.7 Å². The van der Waals surface area contributed by atoms with E-state index in [-0.39, 0.29) is 62.5 Å². The molecule has 0 bridgehead atoms. The number of aromatic nitrogens is 3. The Labute approximate surface area is 443 Å². The van der Waals surface area contributed by atoms with Gasteiger partial charge in [0, 0.05) is 86.6 Å². The lowest BCUT2D eigenvalue weighted by molar-refractivity contribution is -0.144. The number of nitrogens with one attached hydrogen (secondary N) is 6. The third-order valence-electron chi connectivity index (χ3n) is 12.6. The van der Waals surface area contributed by atoms with E-state index in [0.29, 0.717) is 30.5 Å². The molecule has 0 spiro atoms. The molecule has 402 valence electrons. The lowest BCUT2D eigenvalue weighted by Gasteiger charge is -2.35. The van der Waals surface area contributed by atoms with Gasteiger partial charge in [0.1, 0.15) is 24.5 Å². The first-order valence-corrected chi connectivity index (χ1v) is 27.4. The molecule has 75 heavy (non-hydrogen) atoms. The Morgan fingerprint density at radius 2 is 1.59 bits per heavy atom. The van der Waals surface area contributed by atoms with E-state index in [2.05, 4.69) is 56.1 Å². The molecule has 22 heteroatoms. The lowest BCUT2D eigenvalue weighted by atomic mass is 9.85. The van der Waals surface area contributed by atoms with Crippen molar-refractivity contribution in [3.63, 3.8) is 0 Å². The number of hydrogen-bond acceptors (Lipinski definition) is 16. The average molecular weight is 1070 g/mol. The third kappa shape index (κ3) is 15.7. The Morgan fingerprint density at radius 3 is 2.25 bits per heavy atom. The number of benzene rings is 3. The van der Waals surface area contributed by atoms with Crippen LogP contribution in [-0.2, 0) is 40.5 Å². The van der Waals surface area contributed by atoms with Crippen LogP contribution in [-0.4, -0.2) is 145 Å². The summed E-state index contributed by atoms with van der Waals surface area (Å²) in [5.74, 6) is -0.650. The minimum absolute atomic E-state index is 0.0389. The Balaban J connectivity index is 0.798. The maximum absolute atomic E-state index is 14.0. The van der Waals surface area contributed by atoms with Gasteiger partial charge in [-0.25, -0.2) is 23.1 Å². The monoisotopic (exact) mass is 1070 g/mol. The number of amides is 4. The average Bonchev–Trinajstić information content (AvgIpc) is 3.98. The second-order valence-electron chi connectivity index (χ2n) is 21.0. The molecule has 0 unspecified atom stereocenters. The molecular weight excluding hydrogens is 997 g/mol. The van der Waals surface area contributed by atoms with Gasteiger partial charge in [0.2, 0.25) is 39.6 Å². The van der Waals surface area contributed by atoms with Crippen LogP contribution in [0, 0.1) is 19.3 Å². The highest BCUT2D eigenvalue weighted by molar-refractivity contribution is 7.89. The van der Waals surface area contributed by atoms with Gasteiger partial charge in [-0.05, 0) is 93.6 Å².